The number of carbonyl (C=O) groups is 2. The molecule has 1 aliphatic heterocycles. The van der Waals surface area contributed by atoms with Crippen LogP contribution in [0, 0.1) is 5.92 Å². The summed E-state index contributed by atoms with van der Waals surface area (Å²) < 4.78 is 0. The third kappa shape index (κ3) is 2.56. The highest BCUT2D eigenvalue weighted by molar-refractivity contribution is 7.20. The highest BCUT2D eigenvalue weighted by Gasteiger charge is 2.35. The SMILES string of the molecule is NC(=O)c1sc2nccnc2c1[C@@H]1CCN(C(=O)C2CCCC2)C1. The summed E-state index contributed by atoms with van der Waals surface area (Å²) in [5.41, 5.74) is 7.22. The summed E-state index contributed by atoms with van der Waals surface area (Å²) in [7, 11) is 0. The first kappa shape index (κ1) is 15.5. The van der Waals surface area contributed by atoms with Gasteiger partial charge in [0.1, 0.15) is 10.3 Å². The minimum absolute atomic E-state index is 0.114. The van der Waals surface area contributed by atoms with Crippen molar-refractivity contribution >= 4 is 33.5 Å². The largest absolute Gasteiger partial charge is 0.365 e. The monoisotopic (exact) mass is 344 g/mol. The van der Waals surface area contributed by atoms with Gasteiger partial charge in [0.15, 0.2) is 0 Å². The minimum Gasteiger partial charge on any atom is -0.365 e. The molecule has 2 aliphatic rings. The second-order valence-electron chi connectivity index (χ2n) is 6.67. The molecule has 0 aromatic carbocycles. The van der Waals surface area contributed by atoms with Crippen molar-refractivity contribution < 1.29 is 9.59 Å². The summed E-state index contributed by atoms with van der Waals surface area (Å²) >= 11 is 1.30. The van der Waals surface area contributed by atoms with Crippen LogP contribution in [0.15, 0.2) is 12.4 Å². The molecule has 2 fully saturated rings. The van der Waals surface area contributed by atoms with Crippen LogP contribution in [0.25, 0.3) is 10.3 Å². The lowest BCUT2D eigenvalue weighted by Crippen LogP contribution is -2.33. The van der Waals surface area contributed by atoms with E-state index in [1.807, 2.05) is 4.90 Å². The zero-order chi connectivity index (χ0) is 16.7. The van der Waals surface area contributed by atoms with Gasteiger partial charge in [-0.15, -0.1) is 11.3 Å². The highest BCUT2D eigenvalue weighted by Crippen LogP contribution is 2.39. The van der Waals surface area contributed by atoms with E-state index in [0.29, 0.717) is 11.4 Å². The zero-order valence-corrected chi connectivity index (χ0v) is 14.2. The van der Waals surface area contributed by atoms with Crippen LogP contribution < -0.4 is 5.73 Å². The maximum absolute atomic E-state index is 12.7. The molecular formula is C17H20N4O2S. The van der Waals surface area contributed by atoms with E-state index in [0.717, 1.165) is 54.6 Å². The number of rotatable bonds is 3. The Morgan fingerprint density at radius 1 is 1.17 bits per heavy atom. The minimum atomic E-state index is -0.435. The molecule has 1 saturated heterocycles. The summed E-state index contributed by atoms with van der Waals surface area (Å²) in [6, 6.07) is 0. The molecule has 1 saturated carbocycles. The number of primary amides is 1. The van der Waals surface area contributed by atoms with Crippen molar-refractivity contribution in [1.82, 2.24) is 14.9 Å². The Hall–Kier alpha value is -2.02. The van der Waals surface area contributed by atoms with Crippen LogP contribution in [0.2, 0.25) is 0 Å². The van der Waals surface area contributed by atoms with Crippen LogP contribution in [0.1, 0.15) is 53.3 Å². The van der Waals surface area contributed by atoms with Crippen LogP contribution in [0.5, 0.6) is 0 Å². The fourth-order valence-corrected chi connectivity index (χ4v) is 5.07. The molecular weight excluding hydrogens is 324 g/mol. The molecule has 126 valence electrons. The predicted octanol–water partition coefficient (Wildman–Crippen LogP) is 2.30. The Morgan fingerprint density at radius 2 is 1.92 bits per heavy atom. The molecule has 7 heteroatoms. The number of nitrogens with zero attached hydrogens (tertiary/aromatic N) is 3. The van der Waals surface area contributed by atoms with Gasteiger partial charge in [-0.2, -0.15) is 0 Å². The molecule has 0 unspecified atom stereocenters. The third-order valence-electron chi connectivity index (χ3n) is 5.20. The Balaban J connectivity index is 1.63. The van der Waals surface area contributed by atoms with Crippen molar-refractivity contribution in [3.05, 3.63) is 22.8 Å². The summed E-state index contributed by atoms with van der Waals surface area (Å²) in [4.78, 5) is 36.5. The quantitative estimate of drug-likeness (QED) is 0.925. The number of aromatic nitrogens is 2. The Morgan fingerprint density at radius 3 is 2.67 bits per heavy atom. The number of amides is 2. The van der Waals surface area contributed by atoms with Gasteiger partial charge < -0.3 is 10.6 Å². The van der Waals surface area contributed by atoms with E-state index >= 15 is 0 Å². The maximum atomic E-state index is 12.7. The Labute approximate surface area is 144 Å². The highest BCUT2D eigenvalue weighted by atomic mass is 32.1. The molecule has 4 rings (SSSR count). The van der Waals surface area contributed by atoms with Gasteiger partial charge in [-0.3, -0.25) is 14.6 Å². The number of fused-ring (bicyclic) bond motifs is 1. The van der Waals surface area contributed by atoms with Crippen molar-refractivity contribution in [2.24, 2.45) is 11.7 Å². The summed E-state index contributed by atoms with van der Waals surface area (Å²) in [6.45, 7) is 1.40. The molecule has 1 atom stereocenters. The van der Waals surface area contributed by atoms with Crippen LogP contribution in [-0.4, -0.2) is 39.8 Å². The van der Waals surface area contributed by atoms with Gasteiger partial charge in [0, 0.05) is 42.9 Å². The zero-order valence-electron chi connectivity index (χ0n) is 13.4. The number of hydrogen-bond acceptors (Lipinski definition) is 5. The lowest BCUT2D eigenvalue weighted by molar-refractivity contribution is -0.134. The summed E-state index contributed by atoms with van der Waals surface area (Å²) in [6.07, 6.45) is 8.45. The molecule has 0 radical (unpaired) electrons. The number of nitrogens with two attached hydrogens (primary N) is 1. The van der Waals surface area contributed by atoms with E-state index in [1.165, 1.54) is 11.3 Å². The number of likely N-dealkylation sites (tertiary alicyclic amines) is 1. The average Bonchev–Trinajstić information content (AvgIpc) is 3.31. The van der Waals surface area contributed by atoms with Gasteiger partial charge in [-0.1, -0.05) is 12.8 Å². The topological polar surface area (TPSA) is 89.2 Å². The molecule has 6 nitrogen and oxygen atoms in total. The van der Waals surface area contributed by atoms with Crippen LogP contribution in [-0.2, 0) is 4.79 Å². The molecule has 2 N–H and O–H groups in total. The molecule has 3 heterocycles. The van der Waals surface area contributed by atoms with Gasteiger partial charge >= 0.3 is 0 Å². The summed E-state index contributed by atoms with van der Waals surface area (Å²) in [5.74, 6) is 0.151. The first-order chi connectivity index (χ1) is 11.6. The van der Waals surface area contributed by atoms with E-state index in [1.54, 1.807) is 12.4 Å². The van der Waals surface area contributed by atoms with E-state index in [9.17, 15) is 9.59 Å². The lowest BCUT2D eigenvalue weighted by atomic mass is 9.97. The maximum Gasteiger partial charge on any atom is 0.259 e. The van der Waals surface area contributed by atoms with Crippen LogP contribution in [0.3, 0.4) is 0 Å². The van der Waals surface area contributed by atoms with Crippen molar-refractivity contribution in [2.75, 3.05) is 13.1 Å². The normalized spacial score (nSPS) is 21.7. The standard InChI is InChI=1S/C17H20N4O2S/c18-15(22)14-12(13-16(24-14)20-7-6-19-13)11-5-8-21(9-11)17(23)10-3-1-2-4-10/h6-7,10-11H,1-5,8-9H2,(H2,18,22)/t11-/m1/s1. The molecule has 24 heavy (non-hydrogen) atoms. The van der Waals surface area contributed by atoms with Crippen molar-refractivity contribution in [1.29, 1.82) is 0 Å². The van der Waals surface area contributed by atoms with Crippen molar-refractivity contribution in [3.8, 4) is 0 Å². The van der Waals surface area contributed by atoms with Crippen LogP contribution >= 0.6 is 11.3 Å². The average molecular weight is 344 g/mol. The van der Waals surface area contributed by atoms with E-state index < -0.39 is 5.91 Å². The smallest absolute Gasteiger partial charge is 0.259 e. The van der Waals surface area contributed by atoms with Gasteiger partial charge in [0.2, 0.25) is 5.91 Å². The lowest BCUT2D eigenvalue weighted by Gasteiger charge is -2.20. The Kier molecular flexibility index (Phi) is 3.96. The predicted molar refractivity (Wildman–Crippen MR) is 91.8 cm³/mol. The first-order valence-corrected chi connectivity index (χ1v) is 9.29. The van der Waals surface area contributed by atoms with Gasteiger partial charge in [-0.05, 0) is 19.3 Å². The van der Waals surface area contributed by atoms with E-state index in [-0.39, 0.29) is 17.7 Å². The third-order valence-corrected chi connectivity index (χ3v) is 6.32. The molecule has 2 amide bonds. The molecule has 0 bridgehead atoms. The molecule has 0 spiro atoms. The summed E-state index contributed by atoms with van der Waals surface area (Å²) in [5, 5.41) is 0. The molecule has 1 aliphatic carbocycles. The molecule has 2 aromatic heterocycles. The van der Waals surface area contributed by atoms with Gasteiger partial charge in [0.05, 0.1) is 4.88 Å². The Bertz CT molecular complexity index is 797. The fraction of sp³-hybridized carbons (Fsp3) is 0.529. The van der Waals surface area contributed by atoms with Crippen LogP contribution in [0.4, 0.5) is 0 Å². The second-order valence-corrected chi connectivity index (χ2v) is 7.67. The fourth-order valence-electron chi connectivity index (χ4n) is 4.03. The van der Waals surface area contributed by atoms with Gasteiger partial charge in [0.25, 0.3) is 5.91 Å². The second kappa shape index (κ2) is 6.12. The van der Waals surface area contributed by atoms with Gasteiger partial charge in [-0.25, -0.2) is 4.98 Å². The number of carbonyl (C=O) groups excluding carboxylic acids is 2. The number of thiophene rings is 1. The number of hydrogen-bond donors (Lipinski definition) is 1. The van der Waals surface area contributed by atoms with Crippen molar-refractivity contribution in [2.45, 2.75) is 38.0 Å². The molecule has 2 aromatic rings. The van der Waals surface area contributed by atoms with Crippen molar-refractivity contribution in [3.63, 3.8) is 0 Å². The van der Waals surface area contributed by atoms with E-state index in [2.05, 4.69) is 9.97 Å². The first-order valence-electron chi connectivity index (χ1n) is 8.47. The van der Waals surface area contributed by atoms with E-state index in [4.69, 9.17) is 5.73 Å².